The first-order valence-corrected chi connectivity index (χ1v) is 8.17. The standard InChI is InChI=1S/C17H18F2N6O/c1-2-3-4-20-11-6-13(19)16(22-8-11)25-17(26)24-14-9-23-15-12(14)5-10(18)7-21-15/h5-9,20H,2-4H2,1H3,(H,21,23)(H2,22,24,25,26). The van der Waals surface area contributed by atoms with Gasteiger partial charge in [-0.25, -0.2) is 23.5 Å². The van der Waals surface area contributed by atoms with Crippen molar-refractivity contribution in [3.05, 3.63) is 42.4 Å². The number of H-pyrrole nitrogens is 1. The molecule has 0 aliphatic rings. The summed E-state index contributed by atoms with van der Waals surface area (Å²) in [6.07, 6.45) is 5.97. The van der Waals surface area contributed by atoms with Gasteiger partial charge in [0.2, 0.25) is 0 Å². The van der Waals surface area contributed by atoms with Crippen molar-refractivity contribution in [3.63, 3.8) is 0 Å². The van der Waals surface area contributed by atoms with Gasteiger partial charge in [-0.05, 0) is 12.5 Å². The summed E-state index contributed by atoms with van der Waals surface area (Å²) in [6.45, 7) is 2.78. The molecule has 0 aliphatic carbocycles. The van der Waals surface area contributed by atoms with E-state index in [9.17, 15) is 13.6 Å². The molecule has 7 nitrogen and oxygen atoms in total. The van der Waals surface area contributed by atoms with Crippen LogP contribution in [0.15, 0.2) is 30.7 Å². The van der Waals surface area contributed by atoms with Crippen molar-refractivity contribution >= 4 is 34.3 Å². The maximum atomic E-state index is 14.1. The Balaban J connectivity index is 1.66. The Morgan fingerprint density at radius 2 is 2.04 bits per heavy atom. The van der Waals surface area contributed by atoms with Gasteiger partial charge in [-0.1, -0.05) is 13.3 Å². The van der Waals surface area contributed by atoms with Gasteiger partial charge in [0.25, 0.3) is 0 Å². The zero-order valence-electron chi connectivity index (χ0n) is 14.1. The Hall–Kier alpha value is -3.23. The maximum absolute atomic E-state index is 14.1. The van der Waals surface area contributed by atoms with Crippen LogP contribution in [0.3, 0.4) is 0 Å². The number of fused-ring (bicyclic) bond motifs is 1. The number of halogens is 2. The minimum atomic E-state index is -0.701. The predicted octanol–water partition coefficient (Wildman–Crippen LogP) is 4.09. The quantitative estimate of drug-likeness (QED) is 0.498. The maximum Gasteiger partial charge on any atom is 0.324 e. The molecule has 26 heavy (non-hydrogen) atoms. The number of urea groups is 1. The molecule has 3 heterocycles. The minimum Gasteiger partial charge on any atom is -0.384 e. The largest absolute Gasteiger partial charge is 0.384 e. The Labute approximate surface area is 148 Å². The van der Waals surface area contributed by atoms with Gasteiger partial charge in [-0.3, -0.25) is 5.32 Å². The molecule has 0 fully saturated rings. The van der Waals surface area contributed by atoms with Crippen molar-refractivity contribution in [2.24, 2.45) is 0 Å². The number of carbonyl (C=O) groups is 1. The van der Waals surface area contributed by atoms with Gasteiger partial charge in [0, 0.05) is 24.2 Å². The third-order valence-corrected chi connectivity index (χ3v) is 3.68. The molecule has 0 aliphatic heterocycles. The van der Waals surface area contributed by atoms with E-state index in [-0.39, 0.29) is 5.82 Å². The number of amides is 2. The van der Waals surface area contributed by atoms with Gasteiger partial charge < -0.3 is 15.6 Å². The van der Waals surface area contributed by atoms with Gasteiger partial charge in [-0.15, -0.1) is 0 Å². The van der Waals surface area contributed by atoms with Gasteiger partial charge in [0.1, 0.15) is 11.5 Å². The molecule has 0 saturated heterocycles. The number of nitrogens with one attached hydrogen (secondary N) is 4. The number of pyridine rings is 2. The highest BCUT2D eigenvalue weighted by molar-refractivity contribution is 6.05. The summed E-state index contributed by atoms with van der Waals surface area (Å²) in [6, 6.07) is 1.81. The fourth-order valence-electron chi connectivity index (χ4n) is 2.38. The Morgan fingerprint density at radius 3 is 2.81 bits per heavy atom. The summed E-state index contributed by atoms with van der Waals surface area (Å²) in [5.41, 5.74) is 1.29. The van der Waals surface area contributed by atoms with Crippen molar-refractivity contribution in [1.29, 1.82) is 0 Å². The highest BCUT2D eigenvalue weighted by atomic mass is 19.1. The zero-order valence-corrected chi connectivity index (χ0v) is 14.1. The number of aromatic nitrogens is 3. The van der Waals surface area contributed by atoms with Gasteiger partial charge in [-0.2, -0.15) is 0 Å². The van der Waals surface area contributed by atoms with Crippen LogP contribution < -0.4 is 16.0 Å². The van der Waals surface area contributed by atoms with Crippen molar-refractivity contribution < 1.29 is 13.6 Å². The van der Waals surface area contributed by atoms with Crippen molar-refractivity contribution in [1.82, 2.24) is 15.0 Å². The Bertz CT molecular complexity index is 927. The van der Waals surface area contributed by atoms with Crippen LogP contribution in [0, 0.1) is 11.6 Å². The predicted molar refractivity (Wildman–Crippen MR) is 96.3 cm³/mol. The van der Waals surface area contributed by atoms with Gasteiger partial charge >= 0.3 is 6.03 Å². The molecule has 0 atom stereocenters. The SMILES string of the molecule is CCCCNc1cnc(NC(=O)Nc2c[nH]c3ncc(F)cc23)c(F)c1. The van der Waals surface area contributed by atoms with Crippen LogP contribution in [-0.2, 0) is 0 Å². The zero-order chi connectivity index (χ0) is 18.5. The lowest BCUT2D eigenvalue weighted by Gasteiger charge is -2.09. The van der Waals surface area contributed by atoms with Gasteiger partial charge in [0.05, 0.1) is 23.8 Å². The Kier molecular flexibility index (Phi) is 5.26. The summed E-state index contributed by atoms with van der Waals surface area (Å²) < 4.78 is 27.4. The molecule has 3 aromatic rings. The van der Waals surface area contributed by atoms with Gasteiger partial charge in [0.15, 0.2) is 11.6 Å². The second-order valence-electron chi connectivity index (χ2n) is 5.67. The smallest absolute Gasteiger partial charge is 0.324 e. The average molecular weight is 360 g/mol. The highest BCUT2D eigenvalue weighted by Crippen LogP contribution is 2.22. The first-order valence-electron chi connectivity index (χ1n) is 8.17. The second-order valence-corrected chi connectivity index (χ2v) is 5.67. The van der Waals surface area contributed by atoms with Crippen LogP contribution in [0.2, 0.25) is 0 Å². The number of carbonyl (C=O) groups excluding carboxylic acids is 1. The topological polar surface area (TPSA) is 94.7 Å². The van der Waals surface area contributed by atoms with Crippen molar-refractivity contribution in [3.8, 4) is 0 Å². The summed E-state index contributed by atoms with van der Waals surface area (Å²) in [5.74, 6) is -1.39. The Morgan fingerprint density at radius 1 is 1.19 bits per heavy atom. The number of hydrogen-bond donors (Lipinski definition) is 4. The molecule has 4 N–H and O–H groups in total. The number of aromatic amines is 1. The summed E-state index contributed by atoms with van der Waals surface area (Å²) in [7, 11) is 0. The third kappa shape index (κ3) is 4.05. The molecule has 0 aromatic carbocycles. The highest BCUT2D eigenvalue weighted by Gasteiger charge is 2.12. The summed E-state index contributed by atoms with van der Waals surface area (Å²) in [5, 5.41) is 8.30. The minimum absolute atomic E-state index is 0.201. The van der Waals surface area contributed by atoms with E-state index in [0.29, 0.717) is 22.4 Å². The monoisotopic (exact) mass is 360 g/mol. The summed E-state index contributed by atoms with van der Waals surface area (Å²) >= 11 is 0. The van der Waals surface area contributed by atoms with Crippen LogP contribution >= 0.6 is 0 Å². The van der Waals surface area contributed by atoms with Crippen molar-refractivity contribution in [2.45, 2.75) is 19.8 Å². The lowest BCUT2D eigenvalue weighted by atomic mass is 10.3. The molecule has 0 spiro atoms. The molecule has 0 radical (unpaired) electrons. The molecule has 136 valence electrons. The molecule has 2 amide bonds. The molecule has 0 unspecified atom stereocenters. The van der Waals surface area contributed by atoms with E-state index in [1.807, 2.05) is 0 Å². The first kappa shape index (κ1) is 17.6. The van der Waals surface area contributed by atoms with E-state index in [0.717, 1.165) is 25.6 Å². The fourth-order valence-corrected chi connectivity index (χ4v) is 2.38. The average Bonchev–Trinajstić information content (AvgIpc) is 2.99. The van der Waals surface area contributed by atoms with Crippen LogP contribution in [0.25, 0.3) is 11.0 Å². The lowest BCUT2D eigenvalue weighted by Crippen LogP contribution is -2.21. The van der Waals surface area contributed by atoms with E-state index in [4.69, 9.17) is 0 Å². The second kappa shape index (κ2) is 7.77. The van der Waals surface area contributed by atoms with Crippen LogP contribution in [0.1, 0.15) is 19.8 Å². The number of nitrogens with zero attached hydrogens (tertiary/aromatic N) is 2. The molecular weight excluding hydrogens is 342 g/mol. The number of hydrogen-bond acceptors (Lipinski definition) is 4. The van der Waals surface area contributed by atoms with E-state index in [1.165, 1.54) is 24.5 Å². The van der Waals surface area contributed by atoms with Crippen molar-refractivity contribution in [2.75, 3.05) is 22.5 Å². The molecule has 3 aromatic heterocycles. The molecule has 3 rings (SSSR count). The number of unbranched alkanes of at least 4 members (excludes halogenated alkanes) is 1. The molecule has 0 saturated carbocycles. The van der Waals surface area contributed by atoms with E-state index < -0.39 is 17.7 Å². The summed E-state index contributed by atoms with van der Waals surface area (Å²) in [4.78, 5) is 22.7. The first-order chi connectivity index (χ1) is 12.6. The van der Waals surface area contributed by atoms with Crippen LogP contribution in [0.4, 0.5) is 30.8 Å². The molecular formula is C17H18F2N6O. The molecule has 9 heteroatoms. The van der Waals surface area contributed by atoms with E-state index in [1.54, 1.807) is 0 Å². The van der Waals surface area contributed by atoms with E-state index >= 15 is 0 Å². The normalized spacial score (nSPS) is 10.7. The lowest BCUT2D eigenvalue weighted by molar-refractivity contribution is 0.262. The van der Waals surface area contributed by atoms with Crippen LogP contribution in [-0.4, -0.2) is 27.5 Å². The van der Waals surface area contributed by atoms with E-state index in [2.05, 4.69) is 37.8 Å². The fraction of sp³-hybridized carbons (Fsp3) is 0.235. The number of anilines is 3. The molecule has 0 bridgehead atoms. The third-order valence-electron chi connectivity index (χ3n) is 3.68. The number of rotatable bonds is 6. The van der Waals surface area contributed by atoms with Crippen LogP contribution in [0.5, 0.6) is 0 Å².